The summed E-state index contributed by atoms with van der Waals surface area (Å²) in [6.07, 6.45) is 3.09. The van der Waals surface area contributed by atoms with E-state index < -0.39 is 0 Å². The fourth-order valence-corrected chi connectivity index (χ4v) is 3.16. The monoisotopic (exact) mass is 326 g/mol. The van der Waals surface area contributed by atoms with Gasteiger partial charge in [0.15, 0.2) is 0 Å². The summed E-state index contributed by atoms with van der Waals surface area (Å²) in [5.74, 6) is 0.0142. The van der Waals surface area contributed by atoms with Crippen LogP contribution in [-0.4, -0.2) is 39.6 Å². The lowest BCUT2D eigenvalue weighted by molar-refractivity contribution is -0.132. The number of hydrogen-bond donors (Lipinski definition) is 1. The van der Waals surface area contributed by atoms with Crippen molar-refractivity contribution in [3.05, 3.63) is 36.5 Å². The van der Waals surface area contributed by atoms with E-state index in [0.717, 1.165) is 16.9 Å². The van der Waals surface area contributed by atoms with E-state index in [1.807, 2.05) is 37.4 Å². The lowest BCUT2D eigenvalue weighted by Crippen LogP contribution is -2.40. The molecular formula is C18H22N4O2. The smallest absolute Gasteiger partial charge is 0.227 e. The Balaban J connectivity index is 1.71. The standard InChI is InChI=1S/C18H22N4O2/c1-13(23)22-10-8-15(9-11-22)18(24)20-16-12-19-21(2)17(16)14-6-4-3-5-7-14/h3-7,12,15H,8-11H2,1-2H3,(H,20,24). The summed E-state index contributed by atoms with van der Waals surface area (Å²) < 4.78 is 1.77. The van der Waals surface area contributed by atoms with Crippen molar-refractivity contribution < 1.29 is 9.59 Å². The number of nitrogens with zero attached hydrogens (tertiary/aromatic N) is 3. The topological polar surface area (TPSA) is 67.2 Å². The number of aromatic nitrogens is 2. The number of nitrogens with one attached hydrogen (secondary N) is 1. The molecule has 2 aromatic rings. The van der Waals surface area contributed by atoms with Gasteiger partial charge in [0, 0.05) is 38.5 Å². The quantitative estimate of drug-likeness (QED) is 0.941. The van der Waals surface area contributed by atoms with E-state index in [-0.39, 0.29) is 17.7 Å². The lowest BCUT2D eigenvalue weighted by atomic mass is 9.95. The van der Waals surface area contributed by atoms with Crippen molar-refractivity contribution >= 4 is 17.5 Å². The van der Waals surface area contributed by atoms with E-state index in [9.17, 15) is 9.59 Å². The van der Waals surface area contributed by atoms with Gasteiger partial charge in [0.2, 0.25) is 11.8 Å². The van der Waals surface area contributed by atoms with Crippen molar-refractivity contribution in [3.8, 4) is 11.3 Å². The second-order valence-electron chi connectivity index (χ2n) is 6.17. The van der Waals surface area contributed by atoms with Crippen molar-refractivity contribution in [1.82, 2.24) is 14.7 Å². The molecule has 2 amide bonds. The number of aryl methyl sites for hydroxylation is 1. The zero-order valence-electron chi connectivity index (χ0n) is 14.0. The van der Waals surface area contributed by atoms with E-state index >= 15 is 0 Å². The Morgan fingerprint density at radius 2 is 1.83 bits per heavy atom. The highest BCUT2D eigenvalue weighted by atomic mass is 16.2. The van der Waals surface area contributed by atoms with Crippen molar-refractivity contribution in [2.24, 2.45) is 13.0 Å². The zero-order chi connectivity index (χ0) is 17.1. The number of amides is 2. The molecule has 1 fully saturated rings. The van der Waals surface area contributed by atoms with Gasteiger partial charge in [0.25, 0.3) is 0 Å². The van der Waals surface area contributed by atoms with Crippen LogP contribution in [0.1, 0.15) is 19.8 Å². The Labute approximate surface area is 141 Å². The van der Waals surface area contributed by atoms with Crippen LogP contribution in [0.2, 0.25) is 0 Å². The highest BCUT2D eigenvalue weighted by Gasteiger charge is 2.27. The van der Waals surface area contributed by atoms with E-state index in [2.05, 4.69) is 10.4 Å². The molecule has 1 aliphatic heterocycles. The third kappa shape index (κ3) is 3.32. The molecule has 0 unspecified atom stereocenters. The molecule has 0 bridgehead atoms. The first-order chi connectivity index (χ1) is 11.6. The zero-order valence-corrected chi connectivity index (χ0v) is 14.0. The summed E-state index contributed by atoms with van der Waals surface area (Å²) in [7, 11) is 1.86. The normalized spacial score (nSPS) is 15.3. The van der Waals surface area contributed by atoms with Gasteiger partial charge in [0.05, 0.1) is 17.6 Å². The first-order valence-electron chi connectivity index (χ1n) is 8.20. The minimum absolute atomic E-state index is 0.00313. The number of rotatable bonds is 3. The second kappa shape index (κ2) is 6.86. The average Bonchev–Trinajstić information content (AvgIpc) is 2.96. The highest BCUT2D eigenvalue weighted by Crippen LogP contribution is 2.28. The fourth-order valence-electron chi connectivity index (χ4n) is 3.16. The van der Waals surface area contributed by atoms with Crippen LogP contribution in [0, 0.1) is 5.92 Å². The molecule has 3 rings (SSSR count). The predicted octanol–water partition coefficient (Wildman–Crippen LogP) is 2.28. The van der Waals surface area contributed by atoms with Crippen LogP contribution in [0.15, 0.2) is 36.5 Å². The van der Waals surface area contributed by atoms with Crippen LogP contribution < -0.4 is 5.32 Å². The first kappa shape index (κ1) is 16.2. The van der Waals surface area contributed by atoms with Gasteiger partial charge in [-0.15, -0.1) is 0 Å². The predicted molar refractivity (Wildman–Crippen MR) is 92.3 cm³/mol. The number of anilines is 1. The SMILES string of the molecule is CC(=O)N1CCC(C(=O)Nc2cnn(C)c2-c2ccccc2)CC1. The van der Waals surface area contributed by atoms with Gasteiger partial charge in [-0.25, -0.2) is 0 Å². The third-order valence-corrected chi connectivity index (χ3v) is 4.55. The van der Waals surface area contributed by atoms with E-state index in [0.29, 0.717) is 25.9 Å². The van der Waals surface area contributed by atoms with Gasteiger partial charge in [-0.3, -0.25) is 14.3 Å². The van der Waals surface area contributed by atoms with Crippen LogP contribution in [0.4, 0.5) is 5.69 Å². The summed E-state index contributed by atoms with van der Waals surface area (Å²) in [4.78, 5) is 25.8. The summed E-state index contributed by atoms with van der Waals surface area (Å²) in [6.45, 7) is 2.86. The van der Waals surface area contributed by atoms with Crippen LogP contribution in [0.5, 0.6) is 0 Å². The van der Waals surface area contributed by atoms with Gasteiger partial charge in [-0.05, 0) is 12.8 Å². The van der Waals surface area contributed by atoms with Gasteiger partial charge < -0.3 is 10.2 Å². The number of hydrogen-bond acceptors (Lipinski definition) is 3. The molecule has 126 valence electrons. The maximum Gasteiger partial charge on any atom is 0.227 e. The molecule has 0 radical (unpaired) electrons. The molecule has 6 nitrogen and oxygen atoms in total. The molecule has 2 heterocycles. The molecule has 1 aliphatic rings. The van der Waals surface area contributed by atoms with E-state index in [4.69, 9.17) is 0 Å². The summed E-state index contributed by atoms with van der Waals surface area (Å²) in [5.41, 5.74) is 2.63. The summed E-state index contributed by atoms with van der Waals surface area (Å²) in [5, 5.41) is 7.29. The highest BCUT2D eigenvalue weighted by molar-refractivity contribution is 5.96. The van der Waals surface area contributed by atoms with Gasteiger partial charge in [0.1, 0.15) is 0 Å². The molecule has 1 saturated heterocycles. The van der Waals surface area contributed by atoms with Crippen LogP contribution in [0.25, 0.3) is 11.3 Å². The van der Waals surface area contributed by atoms with Gasteiger partial charge in [-0.2, -0.15) is 5.10 Å². The van der Waals surface area contributed by atoms with Gasteiger partial charge >= 0.3 is 0 Å². The molecule has 0 saturated carbocycles. The second-order valence-corrected chi connectivity index (χ2v) is 6.17. The van der Waals surface area contributed by atoms with E-state index in [1.165, 1.54) is 0 Å². The average molecular weight is 326 g/mol. The molecule has 24 heavy (non-hydrogen) atoms. The Bertz CT molecular complexity index is 731. The maximum atomic E-state index is 12.6. The third-order valence-electron chi connectivity index (χ3n) is 4.55. The van der Waals surface area contributed by atoms with Crippen molar-refractivity contribution in [2.45, 2.75) is 19.8 Å². The molecule has 0 aliphatic carbocycles. The van der Waals surface area contributed by atoms with Crippen molar-refractivity contribution in [1.29, 1.82) is 0 Å². The Morgan fingerprint density at radius 1 is 1.17 bits per heavy atom. The number of piperidine rings is 1. The lowest BCUT2D eigenvalue weighted by Gasteiger charge is -2.30. The molecule has 1 aromatic carbocycles. The molecule has 1 aromatic heterocycles. The Morgan fingerprint density at radius 3 is 2.46 bits per heavy atom. The van der Waals surface area contributed by atoms with Crippen LogP contribution in [-0.2, 0) is 16.6 Å². The van der Waals surface area contributed by atoms with Crippen molar-refractivity contribution in [3.63, 3.8) is 0 Å². The van der Waals surface area contributed by atoms with Gasteiger partial charge in [-0.1, -0.05) is 30.3 Å². The summed E-state index contributed by atoms with van der Waals surface area (Å²) in [6, 6.07) is 9.88. The van der Waals surface area contributed by atoms with Crippen molar-refractivity contribution in [2.75, 3.05) is 18.4 Å². The van der Waals surface area contributed by atoms with Crippen LogP contribution >= 0.6 is 0 Å². The number of benzene rings is 1. The molecule has 6 heteroatoms. The Kier molecular flexibility index (Phi) is 4.64. The van der Waals surface area contributed by atoms with E-state index in [1.54, 1.807) is 22.7 Å². The van der Waals surface area contributed by atoms with Crippen LogP contribution in [0.3, 0.4) is 0 Å². The number of carbonyl (C=O) groups excluding carboxylic acids is 2. The molecular weight excluding hydrogens is 304 g/mol. The first-order valence-corrected chi connectivity index (χ1v) is 8.20. The largest absolute Gasteiger partial charge is 0.343 e. The molecule has 0 atom stereocenters. The molecule has 1 N–H and O–H groups in total. The fraction of sp³-hybridized carbons (Fsp3) is 0.389. The molecule has 0 spiro atoms. The maximum absolute atomic E-state index is 12.6. The minimum Gasteiger partial charge on any atom is -0.343 e. The summed E-state index contributed by atoms with van der Waals surface area (Å²) >= 11 is 0. The number of likely N-dealkylation sites (tertiary alicyclic amines) is 1. The minimum atomic E-state index is -0.0653. The Hall–Kier alpha value is -2.63. The number of carbonyl (C=O) groups is 2.